The minimum Gasteiger partial charge on any atom is -0.356 e. The highest BCUT2D eigenvalue weighted by Gasteiger charge is 2.21. The molecule has 2 aromatic carbocycles. The third-order valence-electron chi connectivity index (χ3n) is 5.36. The third kappa shape index (κ3) is 3.23. The van der Waals surface area contributed by atoms with Gasteiger partial charge >= 0.3 is 0 Å². The molecule has 6 nitrogen and oxygen atoms in total. The molecule has 29 heavy (non-hydrogen) atoms. The van der Waals surface area contributed by atoms with Gasteiger partial charge in [-0.3, -0.25) is 9.59 Å². The molecule has 1 fully saturated rings. The first-order valence-corrected chi connectivity index (χ1v) is 9.76. The van der Waals surface area contributed by atoms with Crippen LogP contribution < -0.4 is 0 Å². The lowest BCUT2D eigenvalue weighted by atomic mass is 10.0. The van der Waals surface area contributed by atoms with E-state index in [0.29, 0.717) is 22.6 Å². The van der Waals surface area contributed by atoms with Crippen molar-refractivity contribution in [3.05, 3.63) is 77.6 Å². The average Bonchev–Trinajstić information content (AvgIpc) is 3.53. The first kappa shape index (κ1) is 17.4. The van der Waals surface area contributed by atoms with E-state index in [4.69, 9.17) is 0 Å². The predicted octanol–water partition coefficient (Wildman–Crippen LogP) is 4.03. The van der Waals surface area contributed by atoms with Crippen LogP contribution in [0.1, 0.15) is 39.3 Å². The van der Waals surface area contributed by atoms with Crippen LogP contribution in [0.25, 0.3) is 22.4 Å². The molecule has 144 valence electrons. The zero-order valence-corrected chi connectivity index (χ0v) is 15.8. The normalized spacial score (nSPS) is 13.9. The molecule has 4 aromatic rings. The predicted molar refractivity (Wildman–Crippen MR) is 111 cm³/mol. The summed E-state index contributed by atoms with van der Waals surface area (Å²) < 4.78 is 0. The molecule has 6 heteroatoms. The number of likely N-dealkylation sites (tertiary alicyclic amines) is 1. The molecular weight excluding hydrogens is 364 g/mol. The molecule has 1 amide bonds. The summed E-state index contributed by atoms with van der Waals surface area (Å²) in [6, 6.07) is 16.5. The summed E-state index contributed by atoms with van der Waals surface area (Å²) in [5.41, 5.74) is 4.22. The Hall–Kier alpha value is -3.67. The minimum absolute atomic E-state index is 0.0243. The maximum atomic E-state index is 12.7. The van der Waals surface area contributed by atoms with E-state index >= 15 is 0 Å². The van der Waals surface area contributed by atoms with E-state index in [0.717, 1.165) is 42.5 Å². The highest BCUT2D eigenvalue weighted by atomic mass is 16.2. The van der Waals surface area contributed by atoms with Crippen molar-refractivity contribution >= 4 is 22.7 Å². The summed E-state index contributed by atoms with van der Waals surface area (Å²) >= 11 is 0. The van der Waals surface area contributed by atoms with Crippen LogP contribution in [0.15, 0.2) is 60.8 Å². The van der Waals surface area contributed by atoms with Crippen LogP contribution in [0.4, 0.5) is 0 Å². The van der Waals surface area contributed by atoms with Crippen LogP contribution in [-0.4, -0.2) is 44.6 Å². The summed E-state index contributed by atoms with van der Waals surface area (Å²) in [4.78, 5) is 38.1. The molecule has 2 N–H and O–H groups in total. The van der Waals surface area contributed by atoms with Gasteiger partial charge in [-0.25, -0.2) is 4.98 Å². The highest BCUT2D eigenvalue weighted by molar-refractivity contribution is 6.10. The van der Waals surface area contributed by atoms with E-state index in [1.807, 2.05) is 53.4 Å². The molecule has 0 aliphatic carbocycles. The van der Waals surface area contributed by atoms with E-state index in [1.54, 1.807) is 12.3 Å². The Morgan fingerprint density at radius 2 is 1.72 bits per heavy atom. The third-order valence-corrected chi connectivity index (χ3v) is 5.36. The number of aromatic nitrogens is 3. The molecule has 0 radical (unpaired) electrons. The molecule has 0 saturated carbocycles. The number of carbonyl (C=O) groups is 2. The van der Waals surface area contributed by atoms with Crippen LogP contribution in [0, 0.1) is 0 Å². The van der Waals surface area contributed by atoms with Gasteiger partial charge in [0.2, 0.25) is 0 Å². The standard InChI is InChI=1S/C23H20N4O2/c28-21(15-6-2-1-3-7-15)16-8-9-18-19(12-16)26-22(25-18)17-13-20(24-14-17)23(29)27-10-4-5-11-27/h1-3,6-9,12-14,24H,4-5,10-11H2,(H,25,26). The number of nitrogens with zero attached hydrogens (tertiary/aromatic N) is 2. The van der Waals surface area contributed by atoms with Gasteiger partial charge in [0.15, 0.2) is 5.78 Å². The van der Waals surface area contributed by atoms with Crippen molar-refractivity contribution in [2.24, 2.45) is 0 Å². The fraction of sp³-hybridized carbons (Fsp3) is 0.174. The van der Waals surface area contributed by atoms with E-state index in [9.17, 15) is 9.59 Å². The Morgan fingerprint density at radius 1 is 0.931 bits per heavy atom. The fourth-order valence-corrected chi connectivity index (χ4v) is 3.79. The lowest BCUT2D eigenvalue weighted by Crippen LogP contribution is -2.27. The molecule has 2 aromatic heterocycles. The highest BCUT2D eigenvalue weighted by Crippen LogP contribution is 2.24. The van der Waals surface area contributed by atoms with Crippen molar-refractivity contribution in [3.8, 4) is 11.4 Å². The van der Waals surface area contributed by atoms with Crippen molar-refractivity contribution in [2.45, 2.75) is 12.8 Å². The van der Waals surface area contributed by atoms with Gasteiger partial charge in [0, 0.05) is 36.0 Å². The first-order chi connectivity index (χ1) is 14.2. The molecule has 1 aliphatic heterocycles. The smallest absolute Gasteiger partial charge is 0.270 e. The van der Waals surface area contributed by atoms with Gasteiger partial charge in [-0.1, -0.05) is 30.3 Å². The Kier molecular flexibility index (Phi) is 4.24. The number of amides is 1. The number of H-pyrrole nitrogens is 2. The average molecular weight is 384 g/mol. The van der Waals surface area contributed by atoms with Crippen molar-refractivity contribution < 1.29 is 9.59 Å². The molecular formula is C23H20N4O2. The molecule has 5 rings (SSSR count). The number of fused-ring (bicyclic) bond motifs is 1. The second-order valence-corrected chi connectivity index (χ2v) is 7.31. The first-order valence-electron chi connectivity index (χ1n) is 9.76. The van der Waals surface area contributed by atoms with Gasteiger partial charge in [0.25, 0.3) is 5.91 Å². The lowest BCUT2D eigenvalue weighted by molar-refractivity contribution is 0.0787. The Labute approximate surface area is 167 Å². The number of aromatic amines is 2. The number of hydrogen-bond acceptors (Lipinski definition) is 3. The van der Waals surface area contributed by atoms with E-state index in [2.05, 4.69) is 15.0 Å². The molecule has 0 atom stereocenters. The quantitative estimate of drug-likeness (QED) is 0.521. The molecule has 0 bridgehead atoms. The monoisotopic (exact) mass is 384 g/mol. The molecule has 1 saturated heterocycles. The number of nitrogens with one attached hydrogen (secondary N) is 2. The topological polar surface area (TPSA) is 81.8 Å². The van der Waals surface area contributed by atoms with Crippen molar-refractivity contribution in [1.29, 1.82) is 0 Å². The minimum atomic E-state index is -0.0243. The Balaban J connectivity index is 1.43. The summed E-state index contributed by atoms with van der Waals surface area (Å²) in [7, 11) is 0. The van der Waals surface area contributed by atoms with Crippen molar-refractivity contribution in [1.82, 2.24) is 19.9 Å². The number of imidazole rings is 1. The van der Waals surface area contributed by atoms with Crippen molar-refractivity contribution in [3.63, 3.8) is 0 Å². The zero-order chi connectivity index (χ0) is 19.8. The maximum Gasteiger partial charge on any atom is 0.270 e. The van der Waals surface area contributed by atoms with E-state index in [-0.39, 0.29) is 11.7 Å². The largest absolute Gasteiger partial charge is 0.356 e. The Bertz CT molecular complexity index is 1200. The number of carbonyl (C=O) groups excluding carboxylic acids is 2. The lowest BCUT2D eigenvalue weighted by Gasteiger charge is -2.13. The van der Waals surface area contributed by atoms with Gasteiger partial charge in [-0.2, -0.15) is 0 Å². The maximum absolute atomic E-state index is 12.7. The second-order valence-electron chi connectivity index (χ2n) is 7.31. The van der Waals surface area contributed by atoms with E-state index in [1.165, 1.54) is 0 Å². The summed E-state index contributed by atoms with van der Waals surface area (Å²) in [5, 5.41) is 0. The number of rotatable bonds is 4. The van der Waals surface area contributed by atoms with E-state index < -0.39 is 0 Å². The number of ketones is 1. The second kappa shape index (κ2) is 7.05. The number of benzene rings is 2. The summed E-state index contributed by atoms with van der Waals surface area (Å²) in [6.07, 6.45) is 3.91. The van der Waals surface area contributed by atoms with Crippen LogP contribution >= 0.6 is 0 Å². The van der Waals surface area contributed by atoms with Crippen LogP contribution in [-0.2, 0) is 0 Å². The van der Waals surface area contributed by atoms with Crippen LogP contribution in [0.3, 0.4) is 0 Å². The van der Waals surface area contributed by atoms with Crippen LogP contribution in [0.5, 0.6) is 0 Å². The molecule has 1 aliphatic rings. The van der Waals surface area contributed by atoms with Crippen LogP contribution in [0.2, 0.25) is 0 Å². The van der Waals surface area contributed by atoms with Gasteiger partial charge < -0.3 is 14.9 Å². The molecule has 0 spiro atoms. The summed E-state index contributed by atoms with van der Waals surface area (Å²) in [5.74, 6) is 0.672. The van der Waals surface area contributed by atoms with Gasteiger partial charge in [-0.15, -0.1) is 0 Å². The van der Waals surface area contributed by atoms with Crippen molar-refractivity contribution in [2.75, 3.05) is 13.1 Å². The van der Waals surface area contributed by atoms with Gasteiger partial charge in [-0.05, 0) is 37.1 Å². The summed E-state index contributed by atoms with van der Waals surface area (Å²) in [6.45, 7) is 1.63. The van der Waals surface area contributed by atoms with Gasteiger partial charge in [0.05, 0.1) is 11.0 Å². The SMILES string of the molecule is O=C(c1ccccc1)c1ccc2nc(-c3c[nH]c(C(=O)N4CCCC4)c3)[nH]c2c1. The number of hydrogen-bond donors (Lipinski definition) is 2. The zero-order valence-electron chi connectivity index (χ0n) is 15.8. The Morgan fingerprint density at radius 3 is 2.52 bits per heavy atom. The fourth-order valence-electron chi connectivity index (χ4n) is 3.79. The van der Waals surface area contributed by atoms with Gasteiger partial charge in [0.1, 0.15) is 11.5 Å². The molecule has 3 heterocycles. The molecule has 0 unspecified atom stereocenters.